The number of hydrogen-bond acceptors (Lipinski definition) is 4. The van der Waals surface area contributed by atoms with Crippen molar-refractivity contribution in [2.75, 3.05) is 5.32 Å². The third-order valence-electron chi connectivity index (χ3n) is 3.46. The quantitative estimate of drug-likeness (QED) is 0.887. The number of aryl methyl sites for hydroxylation is 2. The monoisotopic (exact) mass is 318 g/mol. The highest BCUT2D eigenvalue weighted by molar-refractivity contribution is 7.13. The first-order valence-corrected chi connectivity index (χ1v) is 7.82. The number of benzene rings is 1. The van der Waals surface area contributed by atoms with Crippen LogP contribution in [0.4, 0.5) is 5.69 Å². The van der Waals surface area contributed by atoms with Crippen LogP contribution >= 0.6 is 11.3 Å². The molecule has 116 valence electrons. The smallest absolute Gasteiger partial charge is 0.347 e. The number of rotatable bonds is 5. The molecule has 2 rings (SSSR count). The average molecular weight is 318 g/mol. The van der Waals surface area contributed by atoms with Crippen molar-refractivity contribution in [2.24, 2.45) is 0 Å². The zero-order valence-electron chi connectivity index (χ0n) is 12.8. The molecule has 0 fully saturated rings. The van der Waals surface area contributed by atoms with Gasteiger partial charge in [-0.05, 0) is 37.5 Å². The highest BCUT2D eigenvalue weighted by atomic mass is 32.1. The van der Waals surface area contributed by atoms with E-state index in [1.54, 1.807) is 0 Å². The Morgan fingerprint density at radius 2 is 2.05 bits per heavy atom. The number of amides is 1. The number of carboxylic acid groups (broad SMARTS) is 1. The first-order valence-electron chi connectivity index (χ1n) is 7.00. The lowest BCUT2D eigenvalue weighted by molar-refractivity contribution is -0.115. The van der Waals surface area contributed by atoms with Crippen LogP contribution in [0.2, 0.25) is 0 Å². The number of hydrogen-bond donors (Lipinski definition) is 2. The van der Waals surface area contributed by atoms with Crippen LogP contribution in [0.15, 0.2) is 18.2 Å². The van der Waals surface area contributed by atoms with Gasteiger partial charge in [-0.2, -0.15) is 0 Å². The maximum Gasteiger partial charge on any atom is 0.347 e. The summed E-state index contributed by atoms with van der Waals surface area (Å²) in [6.07, 6.45) is 0.620. The first kappa shape index (κ1) is 16.2. The fourth-order valence-electron chi connectivity index (χ4n) is 2.10. The molecule has 0 bridgehead atoms. The number of carbonyl (C=O) groups excluding carboxylic acids is 1. The van der Waals surface area contributed by atoms with Crippen molar-refractivity contribution in [1.82, 2.24) is 4.98 Å². The normalized spacial score (nSPS) is 10.5. The maximum absolute atomic E-state index is 12.1. The number of thiazole rings is 1. The molecule has 0 radical (unpaired) electrons. The number of aromatic nitrogens is 1. The SMILES string of the molecule is CCc1nc(CC(=O)Nc2cccc(C)c2C)sc1C(=O)O. The van der Waals surface area contributed by atoms with E-state index in [-0.39, 0.29) is 17.2 Å². The maximum atomic E-state index is 12.1. The van der Waals surface area contributed by atoms with E-state index < -0.39 is 5.97 Å². The van der Waals surface area contributed by atoms with Crippen molar-refractivity contribution in [3.63, 3.8) is 0 Å². The molecule has 0 spiro atoms. The van der Waals surface area contributed by atoms with Crippen LogP contribution in [-0.4, -0.2) is 22.0 Å². The average Bonchev–Trinajstić information content (AvgIpc) is 2.87. The Labute approximate surface area is 133 Å². The van der Waals surface area contributed by atoms with Crippen LogP contribution in [0.3, 0.4) is 0 Å². The molecule has 5 nitrogen and oxygen atoms in total. The topological polar surface area (TPSA) is 79.3 Å². The molecule has 0 atom stereocenters. The van der Waals surface area contributed by atoms with Crippen molar-refractivity contribution in [1.29, 1.82) is 0 Å². The molecular weight excluding hydrogens is 300 g/mol. The minimum Gasteiger partial charge on any atom is -0.477 e. The van der Waals surface area contributed by atoms with Crippen LogP contribution in [0.25, 0.3) is 0 Å². The summed E-state index contributed by atoms with van der Waals surface area (Å²) < 4.78 is 0. The van der Waals surface area contributed by atoms with Crippen molar-refractivity contribution in [2.45, 2.75) is 33.6 Å². The molecule has 0 saturated carbocycles. The predicted molar refractivity (Wildman–Crippen MR) is 86.7 cm³/mol. The molecule has 0 aliphatic heterocycles. The van der Waals surface area contributed by atoms with E-state index in [1.807, 2.05) is 39.0 Å². The highest BCUT2D eigenvalue weighted by Gasteiger charge is 2.17. The van der Waals surface area contributed by atoms with Gasteiger partial charge in [0.2, 0.25) is 5.91 Å². The Bertz CT molecular complexity index is 722. The van der Waals surface area contributed by atoms with Gasteiger partial charge in [-0.15, -0.1) is 11.3 Å². The summed E-state index contributed by atoms with van der Waals surface area (Å²) >= 11 is 1.07. The van der Waals surface area contributed by atoms with Crippen LogP contribution < -0.4 is 5.32 Å². The molecule has 0 saturated heterocycles. The van der Waals surface area contributed by atoms with Crippen LogP contribution in [0.5, 0.6) is 0 Å². The van der Waals surface area contributed by atoms with Crippen molar-refractivity contribution in [3.8, 4) is 0 Å². The number of anilines is 1. The van der Waals surface area contributed by atoms with Gasteiger partial charge in [0.15, 0.2) is 0 Å². The predicted octanol–water partition coefficient (Wildman–Crippen LogP) is 3.20. The number of carboxylic acids is 1. The number of nitrogens with one attached hydrogen (secondary N) is 1. The molecule has 1 heterocycles. The number of nitrogens with zero attached hydrogens (tertiary/aromatic N) is 1. The summed E-state index contributed by atoms with van der Waals surface area (Å²) in [6, 6.07) is 5.72. The van der Waals surface area contributed by atoms with Crippen molar-refractivity contribution < 1.29 is 14.7 Å². The summed E-state index contributed by atoms with van der Waals surface area (Å²) in [5, 5.41) is 12.5. The van der Waals surface area contributed by atoms with Crippen LogP contribution in [0.1, 0.15) is 38.4 Å². The molecule has 1 amide bonds. The lowest BCUT2D eigenvalue weighted by Gasteiger charge is -2.09. The standard InChI is InChI=1S/C16H18N2O3S/c1-4-11-15(16(20)21)22-14(18-11)8-13(19)17-12-7-5-6-9(2)10(12)3/h5-7H,4,8H2,1-3H3,(H,17,19)(H,20,21). The van der Waals surface area contributed by atoms with Crippen molar-refractivity contribution in [3.05, 3.63) is 44.9 Å². The van der Waals surface area contributed by atoms with Gasteiger partial charge >= 0.3 is 5.97 Å². The molecule has 1 aromatic carbocycles. The largest absolute Gasteiger partial charge is 0.477 e. The van der Waals surface area contributed by atoms with E-state index in [1.165, 1.54) is 0 Å². The highest BCUT2D eigenvalue weighted by Crippen LogP contribution is 2.21. The van der Waals surface area contributed by atoms with Gasteiger partial charge < -0.3 is 10.4 Å². The van der Waals surface area contributed by atoms with Gasteiger partial charge in [0.25, 0.3) is 0 Å². The van der Waals surface area contributed by atoms with E-state index in [4.69, 9.17) is 5.11 Å². The van der Waals surface area contributed by atoms with Crippen LogP contribution in [-0.2, 0) is 17.6 Å². The molecule has 0 unspecified atom stereocenters. The van der Waals surface area contributed by atoms with Gasteiger partial charge in [-0.1, -0.05) is 19.1 Å². The molecule has 6 heteroatoms. The molecule has 1 aromatic heterocycles. The van der Waals surface area contributed by atoms with Gasteiger partial charge in [0, 0.05) is 5.69 Å². The number of carbonyl (C=O) groups is 2. The molecule has 0 aliphatic carbocycles. The summed E-state index contributed by atoms with van der Waals surface area (Å²) in [5.74, 6) is -1.18. The van der Waals surface area contributed by atoms with E-state index in [0.29, 0.717) is 17.1 Å². The summed E-state index contributed by atoms with van der Waals surface area (Å²) in [6.45, 7) is 5.78. The zero-order chi connectivity index (χ0) is 16.3. The van der Waals surface area contributed by atoms with E-state index >= 15 is 0 Å². The zero-order valence-corrected chi connectivity index (χ0v) is 13.6. The second-order valence-electron chi connectivity index (χ2n) is 5.01. The lowest BCUT2D eigenvalue weighted by Crippen LogP contribution is -2.15. The third kappa shape index (κ3) is 3.51. The number of aromatic carboxylic acids is 1. The Morgan fingerprint density at radius 1 is 1.32 bits per heavy atom. The fraction of sp³-hybridized carbons (Fsp3) is 0.312. The second-order valence-corrected chi connectivity index (χ2v) is 6.10. The Hall–Kier alpha value is -2.21. The van der Waals surface area contributed by atoms with Gasteiger partial charge in [-0.25, -0.2) is 9.78 Å². The minimum atomic E-state index is -0.990. The Kier molecular flexibility index (Phi) is 4.92. The van der Waals surface area contributed by atoms with Crippen molar-refractivity contribution >= 4 is 28.9 Å². The summed E-state index contributed by atoms with van der Waals surface area (Å²) in [5.41, 5.74) is 3.44. The molecule has 2 N–H and O–H groups in total. The summed E-state index contributed by atoms with van der Waals surface area (Å²) in [4.78, 5) is 27.7. The molecular formula is C16H18N2O3S. The van der Waals surface area contributed by atoms with Gasteiger partial charge in [-0.3, -0.25) is 4.79 Å². The molecule has 2 aromatic rings. The third-order valence-corrected chi connectivity index (χ3v) is 4.55. The first-order chi connectivity index (χ1) is 10.4. The fourth-order valence-corrected chi connectivity index (χ4v) is 3.09. The van der Waals surface area contributed by atoms with Crippen LogP contribution in [0, 0.1) is 13.8 Å². The van der Waals surface area contributed by atoms with E-state index in [9.17, 15) is 9.59 Å². The van der Waals surface area contributed by atoms with Gasteiger partial charge in [0.05, 0.1) is 12.1 Å². The van der Waals surface area contributed by atoms with E-state index in [2.05, 4.69) is 10.3 Å². The summed E-state index contributed by atoms with van der Waals surface area (Å²) in [7, 11) is 0. The Balaban J connectivity index is 2.12. The lowest BCUT2D eigenvalue weighted by atomic mass is 10.1. The minimum absolute atomic E-state index is 0.0817. The second kappa shape index (κ2) is 6.70. The Morgan fingerprint density at radius 3 is 2.64 bits per heavy atom. The van der Waals surface area contributed by atoms with Gasteiger partial charge in [0.1, 0.15) is 9.88 Å². The molecule has 22 heavy (non-hydrogen) atoms. The van der Waals surface area contributed by atoms with E-state index in [0.717, 1.165) is 28.2 Å². The molecule has 0 aliphatic rings.